The Balaban J connectivity index is 1.62. The van der Waals surface area contributed by atoms with Gasteiger partial charge in [0.05, 0.1) is 11.5 Å². The third-order valence-electron chi connectivity index (χ3n) is 5.34. The van der Waals surface area contributed by atoms with Crippen LogP contribution in [0.3, 0.4) is 0 Å². The second-order valence-corrected chi connectivity index (χ2v) is 7.45. The standard InChI is InChI=1S/C22H24FN3O5/c1-15-14-16(9-10-18(15)26(29)30)21(27)25-11-5-7-19(25)22(28)24(2)12-13-31-20-8-4-3-6-17(20)23/h3-4,6,8-10,14,19H,5,7,11-13H2,1-2H3. The van der Waals surface area contributed by atoms with Crippen LogP contribution in [0, 0.1) is 22.9 Å². The molecule has 0 aromatic heterocycles. The van der Waals surface area contributed by atoms with Crippen LogP contribution in [0.15, 0.2) is 42.5 Å². The second kappa shape index (κ2) is 9.55. The maximum Gasteiger partial charge on any atom is 0.272 e. The molecule has 1 heterocycles. The molecule has 0 aliphatic carbocycles. The Morgan fingerprint density at radius 3 is 2.71 bits per heavy atom. The molecule has 0 radical (unpaired) electrons. The first-order valence-electron chi connectivity index (χ1n) is 9.98. The minimum atomic E-state index is -0.610. The van der Waals surface area contributed by atoms with E-state index in [1.807, 2.05) is 0 Å². The highest BCUT2D eigenvalue weighted by molar-refractivity contribution is 5.98. The zero-order chi connectivity index (χ0) is 22.5. The third kappa shape index (κ3) is 4.99. The highest BCUT2D eigenvalue weighted by Crippen LogP contribution is 2.25. The number of nitrogens with zero attached hydrogens (tertiary/aromatic N) is 3. The number of likely N-dealkylation sites (N-methyl/N-ethyl adjacent to an activating group) is 1. The Morgan fingerprint density at radius 2 is 2.03 bits per heavy atom. The number of rotatable bonds is 7. The summed E-state index contributed by atoms with van der Waals surface area (Å²) in [5.41, 5.74) is 0.647. The molecule has 2 aromatic rings. The second-order valence-electron chi connectivity index (χ2n) is 7.45. The SMILES string of the molecule is Cc1cc(C(=O)N2CCCC2C(=O)N(C)CCOc2ccccc2F)ccc1[N+](=O)[O-]. The van der Waals surface area contributed by atoms with Crippen molar-refractivity contribution >= 4 is 17.5 Å². The molecule has 0 spiro atoms. The number of amides is 2. The first-order chi connectivity index (χ1) is 14.8. The molecule has 2 aromatic carbocycles. The van der Waals surface area contributed by atoms with Gasteiger partial charge < -0.3 is 14.5 Å². The molecule has 3 rings (SSSR count). The van der Waals surface area contributed by atoms with E-state index in [0.29, 0.717) is 30.5 Å². The van der Waals surface area contributed by atoms with Crippen LogP contribution in [0.1, 0.15) is 28.8 Å². The first-order valence-corrected chi connectivity index (χ1v) is 9.98. The van der Waals surface area contributed by atoms with E-state index in [1.165, 1.54) is 40.1 Å². The highest BCUT2D eigenvalue weighted by Gasteiger charge is 2.36. The van der Waals surface area contributed by atoms with Gasteiger partial charge in [-0.15, -0.1) is 0 Å². The zero-order valence-electron chi connectivity index (χ0n) is 17.4. The summed E-state index contributed by atoms with van der Waals surface area (Å²) in [6.07, 6.45) is 1.22. The molecular formula is C22H24FN3O5. The Bertz CT molecular complexity index is 997. The van der Waals surface area contributed by atoms with E-state index in [-0.39, 0.29) is 36.4 Å². The molecule has 1 atom stereocenters. The lowest BCUT2D eigenvalue weighted by Crippen LogP contribution is -2.47. The van der Waals surface area contributed by atoms with E-state index in [1.54, 1.807) is 26.1 Å². The summed E-state index contributed by atoms with van der Waals surface area (Å²) in [6.45, 7) is 2.36. The number of nitro groups is 1. The van der Waals surface area contributed by atoms with Crippen LogP contribution in [-0.4, -0.2) is 59.3 Å². The van der Waals surface area contributed by atoms with Gasteiger partial charge in [-0.1, -0.05) is 12.1 Å². The summed E-state index contributed by atoms with van der Waals surface area (Å²) in [4.78, 5) is 39.4. The Hall–Kier alpha value is -3.49. The van der Waals surface area contributed by atoms with Crippen molar-refractivity contribution in [3.8, 4) is 5.75 Å². The number of likely N-dealkylation sites (tertiary alicyclic amines) is 1. The van der Waals surface area contributed by atoms with E-state index in [2.05, 4.69) is 0 Å². The predicted molar refractivity (Wildman–Crippen MR) is 111 cm³/mol. The van der Waals surface area contributed by atoms with Gasteiger partial charge in [0.2, 0.25) is 5.91 Å². The predicted octanol–water partition coefficient (Wildman–Crippen LogP) is 3.18. The summed E-state index contributed by atoms with van der Waals surface area (Å²) in [5, 5.41) is 11.0. The maximum absolute atomic E-state index is 13.6. The number of para-hydroxylation sites is 1. The molecule has 31 heavy (non-hydrogen) atoms. The van der Waals surface area contributed by atoms with Crippen LogP contribution >= 0.6 is 0 Å². The first kappa shape index (κ1) is 22.2. The minimum Gasteiger partial charge on any atom is -0.489 e. The van der Waals surface area contributed by atoms with Crippen LogP contribution in [0.2, 0.25) is 0 Å². The number of benzene rings is 2. The number of hydrogen-bond acceptors (Lipinski definition) is 5. The smallest absolute Gasteiger partial charge is 0.272 e. The average molecular weight is 429 g/mol. The number of ether oxygens (including phenoxy) is 1. The van der Waals surface area contributed by atoms with E-state index < -0.39 is 16.8 Å². The molecule has 0 saturated carbocycles. The molecule has 1 fully saturated rings. The van der Waals surface area contributed by atoms with Crippen molar-refractivity contribution in [1.29, 1.82) is 0 Å². The molecule has 2 amide bonds. The number of nitro benzene ring substituents is 1. The van der Waals surface area contributed by atoms with Gasteiger partial charge in [-0.25, -0.2) is 4.39 Å². The molecule has 9 heteroatoms. The Labute approximate surface area is 179 Å². The fraction of sp³-hybridized carbons (Fsp3) is 0.364. The molecular weight excluding hydrogens is 405 g/mol. The van der Waals surface area contributed by atoms with Crippen molar-refractivity contribution in [2.24, 2.45) is 0 Å². The van der Waals surface area contributed by atoms with Gasteiger partial charge in [0.25, 0.3) is 11.6 Å². The molecule has 8 nitrogen and oxygen atoms in total. The fourth-order valence-electron chi connectivity index (χ4n) is 3.64. The highest BCUT2D eigenvalue weighted by atomic mass is 19.1. The van der Waals surface area contributed by atoms with E-state index in [9.17, 15) is 24.1 Å². The van der Waals surface area contributed by atoms with E-state index in [0.717, 1.165) is 0 Å². The van der Waals surface area contributed by atoms with Crippen LogP contribution in [0.4, 0.5) is 10.1 Å². The maximum atomic E-state index is 13.6. The van der Waals surface area contributed by atoms with Gasteiger partial charge in [-0.05, 0) is 44.0 Å². The normalized spacial score (nSPS) is 15.6. The zero-order valence-corrected chi connectivity index (χ0v) is 17.4. The molecule has 164 valence electrons. The van der Waals surface area contributed by atoms with Crippen molar-refractivity contribution in [2.75, 3.05) is 26.7 Å². The fourth-order valence-corrected chi connectivity index (χ4v) is 3.64. The largest absolute Gasteiger partial charge is 0.489 e. The van der Waals surface area contributed by atoms with Crippen molar-refractivity contribution in [2.45, 2.75) is 25.8 Å². The summed E-state index contributed by atoms with van der Waals surface area (Å²) >= 11 is 0. The molecule has 1 aliphatic heterocycles. The monoisotopic (exact) mass is 429 g/mol. The lowest BCUT2D eigenvalue weighted by molar-refractivity contribution is -0.385. The molecule has 1 aliphatic rings. The third-order valence-corrected chi connectivity index (χ3v) is 5.34. The number of halogens is 1. The van der Waals surface area contributed by atoms with Gasteiger partial charge in [0.15, 0.2) is 11.6 Å². The Morgan fingerprint density at radius 1 is 1.29 bits per heavy atom. The van der Waals surface area contributed by atoms with E-state index in [4.69, 9.17) is 4.74 Å². The molecule has 0 N–H and O–H groups in total. The summed E-state index contributed by atoms with van der Waals surface area (Å²) in [7, 11) is 1.62. The summed E-state index contributed by atoms with van der Waals surface area (Å²) in [6, 6.07) is 9.63. The summed E-state index contributed by atoms with van der Waals surface area (Å²) in [5.74, 6) is -0.900. The van der Waals surface area contributed by atoms with Gasteiger partial charge in [-0.3, -0.25) is 19.7 Å². The number of aryl methyl sites for hydroxylation is 1. The lowest BCUT2D eigenvalue weighted by atomic mass is 10.1. The molecule has 1 saturated heterocycles. The van der Waals surface area contributed by atoms with Crippen LogP contribution in [0.25, 0.3) is 0 Å². The topological polar surface area (TPSA) is 93.0 Å². The minimum absolute atomic E-state index is 0.0554. The van der Waals surface area contributed by atoms with E-state index >= 15 is 0 Å². The quantitative estimate of drug-likeness (QED) is 0.498. The van der Waals surface area contributed by atoms with Crippen LogP contribution < -0.4 is 4.74 Å². The van der Waals surface area contributed by atoms with Crippen molar-refractivity contribution in [3.63, 3.8) is 0 Å². The van der Waals surface area contributed by atoms with Gasteiger partial charge in [0, 0.05) is 30.8 Å². The number of carbonyl (C=O) groups is 2. The van der Waals surface area contributed by atoms with Crippen LogP contribution in [0.5, 0.6) is 5.75 Å². The van der Waals surface area contributed by atoms with Crippen molar-refractivity contribution in [3.05, 3.63) is 69.5 Å². The number of hydrogen-bond donors (Lipinski definition) is 0. The Kier molecular flexibility index (Phi) is 6.84. The van der Waals surface area contributed by atoms with Crippen molar-refractivity contribution < 1.29 is 23.6 Å². The number of carbonyl (C=O) groups excluding carboxylic acids is 2. The van der Waals surface area contributed by atoms with Gasteiger partial charge >= 0.3 is 0 Å². The van der Waals surface area contributed by atoms with Crippen LogP contribution in [-0.2, 0) is 4.79 Å². The summed E-state index contributed by atoms with van der Waals surface area (Å²) < 4.78 is 19.0. The van der Waals surface area contributed by atoms with Gasteiger partial charge in [0.1, 0.15) is 12.6 Å². The van der Waals surface area contributed by atoms with Crippen molar-refractivity contribution in [1.82, 2.24) is 9.80 Å². The van der Waals surface area contributed by atoms with Gasteiger partial charge in [-0.2, -0.15) is 0 Å². The lowest BCUT2D eigenvalue weighted by Gasteiger charge is -2.28. The average Bonchev–Trinajstić information content (AvgIpc) is 3.23. The molecule has 1 unspecified atom stereocenters. The molecule has 0 bridgehead atoms.